The highest BCUT2D eigenvalue weighted by Gasteiger charge is 2.18. The van der Waals surface area contributed by atoms with E-state index < -0.39 is 0 Å². The Bertz CT molecular complexity index is 2820. The summed E-state index contributed by atoms with van der Waals surface area (Å²) in [5.41, 5.74) is 5.35. The lowest BCUT2D eigenvalue weighted by Gasteiger charge is -2.14. The molecule has 49 heavy (non-hydrogen) atoms. The van der Waals surface area contributed by atoms with Crippen LogP contribution in [0.2, 0.25) is 0 Å². The van der Waals surface area contributed by atoms with Gasteiger partial charge in [-0.1, -0.05) is 146 Å². The van der Waals surface area contributed by atoms with Crippen molar-refractivity contribution in [2.24, 2.45) is 0 Å². The number of fused-ring (bicyclic) bond motifs is 8. The first-order valence-corrected chi connectivity index (χ1v) is 17.3. The third-order valence-electron chi connectivity index (χ3n) is 9.48. The molecule has 3 nitrogen and oxygen atoms in total. The van der Waals surface area contributed by atoms with E-state index in [0.29, 0.717) is 17.5 Å². The molecule has 228 valence electrons. The van der Waals surface area contributed by atoms with Crippen LogP contribution in [-0.4, -0.2) is 15.0 Å². The van der Waals surface area contributed by atoms with Gasteiger partial charge in [-0.2, -0.15) is 0 Å². The van der Waals surface area contributed by atoms with E-state index in [2.05, 4.69) is 103 Å². The first kappa shape index (κ1) is 27.8. The smallest absolute Gasteiger partial charge is 0.164 e. The lowest BCUT2D eigenvalue weighted by atomic mass is 9.90. The van der Waals surface area contributed by atoms with Gasteiger partial charge in [0.1, 0.15) is 0 Å². The van der Waals surface area contributed by atoms with Crippen LogP contribution in [0.1, 0.15) is 0 Å². The third-order valence-corrected chi connectivity index (χ3v) is 10.7. The van der Waals surface area contributed by atoms with Crippen LogP contribution in [0.15, 0.2) is 164 Å². The molecule has 10 aromatic rings. The largest absolute Gasteiger partial charge is 0.208 e. The number of thiophene rings is 1. The molecule has 0 radical (unpaired) electrons. The molecule has 0 fully saturated rings. The number of nitrogens with zero attached hydrogens (tertiary/aromatic N) is 3. The number of hydrogen-bond donors (Lipinski definition) is 0. The van der Waals surface area contributed by atoms with E-state index in [1.165, 1.54) is 58.2 Å². The van der Waals surface area contributed by atoms with E-state index >= 15 is 0 Å². The highest BCUT2D eigenvalue weighted by Crippen LogP contribution is 2.47. The molecule has 2 aromatic heterocycles. The van der Waals surface area contributed by atoms with Gasteiger partial charge in [-0.05, 0) is 56.3 Å². The van der Waals surface area contributed by atoms with Gasteiger partial charge in [0.25, 0.3) is 0 Å². The third kappa shape index (κ3) is 4.61. The van der Waals surface area contributed by atoms with Crippen LogP contribution in [0.25, 0.3) is 97.8 Å². The zero-order valence-corrected chi connectivity index (χ0v) is 27.2. The van der Waals surface area contributed by atoms with Crippen molar-refractivity contribution in [2.45, 2.75) is 0 Å². The molecule has 0 N–H and O–H groups in total. The predicted molar refractivity (Wildman–Crippen MR) is 207 cm³/mol. The van der Waals surface area contributed by atoms with Crippen molar-refractivity contribution in [1.29, 1.82) is 0 Å². The van der Waals surface area contributed by atoms with Crippen LogP contribution in [-0.2, 0) is 0 Å². The molecule has 0 bridgehead atoms. The highest BCUT2D eigenvalue weighted by atomic mass is 32.1. The quantitative estimate of drug-likeness (QED) is 0.180. The van der Waals surface area contributed by atoms with Gasteiger partial charge >= 0.3 is 0 Å². The topological polar surface area (TPSA) is 38.7 Å². The molecule has 0 atom stereocenters. The normalized spacial score (nSPS) is 11.7. The molecular weight excluding hydrogens is 615 g/mol. The van der Waals surface area contributed by atoms with Crippen molar-refractivity contribution in [3.63, 3.8) is 0 Å². The standard InChI is InChI=1S/C45H27N3S/c1-3-13-29(14-4-1)43-46-44(30-15-5-2-6-16-30)48-45(47-43)33-24-25-34-31(26-33)17-11-20-36(34)38-27-32-23-22-28-12-7-8-18-35(28)40(32)42-41(38)37-19-9-10-21-39(37)49-42/h1-27H. The van der Waals surface area contributed by atoms with Crippen LogP contribution < -0.4 is 0 Å². The zero-order chi connectivity index (χ0) is 32.3. The molecule has 0 spiro atoms. The zero-order valence-electron chi connectivity index (χ0n) is 26.3. The van der Waals surface area contributed by atoms with Crippen LogP contribution in [0, 0.1) is 0 Å². The molecule has 0 amide bonds. The van der Waals surface area contributed by atoms with Gasteiger partial charge in [-0.15, -0.1) is 11.3 Å². The Morgan fingerprint density at radius 3 is 1.71 bits per heavy atom. The van der Waals surface area contributed by atoms with Gasteiger partial charge in [0, 0.05) is 42.2 Å². The molecular formula is C45H27N3S. The molecule has 0 aliphatic rings. The molecule has 2 heterocycles. The Balaban J connectivity index is 1.20. The Kier molecular flexibility index (Phi) is 6.36. The summed E-state index contributed by atoms with van der Waals surface area (Å²) in [7, 11) is 0. The van der Waals surface area contributed by atoms with Crippen LogP contribution >= 0.6 is 11.3 Å². The molecule has 0 aliphatic heterocycles. The van der Waals surface area contributed by atoms with Gasteiger partial charge in [0.2, 0.25) is 0 Å². The van der Waals surface area contributed by atoms with E-state index in [9.17, 15) is 0 Å². The van der Waals surface area contributed by atoms with E-state index in [-0.39, 0.29) is 0 Å². The molecule has 8 aromatic carbocycles. The summed E-state index contributed by atoms with van der Waals surface area (Å²) in [5, 5.41) is 10.1. The summed E-state index contributed by atoms with van der Waals surface area (Å²) >= 11 is 1.90. The SMILES string of the molecule is c1ccc(-c2nc(-c3ccccc3)nc(-c3ccc4c(-c5cc6ccc7ccccc7c6c6sc7ccccc7c56)cccc4c3)n2)cc1. The average Bonchev–Trinajstić information content (AvgIpc) is 3.57. The monoisotopic (exact) mass is 641 g/mol. The Labute approximate surface area is 286 Å². The van der Waals surface area contributed by atoms with Crippen LogP contribution in [0.4, 0.5) is 0 Å². The van der Waals surface area contributed by atoms with Crippen molar-refractivity contribution >= 4 is 63.8 Å². The number of rotatable bonds is 4. The lowest BCUT2D eigenvalue weighted by molar-refractivity contribution is 1.07. The maximum absolute atomic E-state index is 4.99. The van der Waals surface area contributed by atoms with Crippen molar-refractivity contribution in [3.05, 3.63) is 164 Å². The first-order chi connectivity index (χ1) is 24.3. The first-order valence-electron chi connectivity index (χ1n) is 16.4. The summed E-state index contributed by atoms with van der Waals surface area (Å²) < 4.78 is 2.64. The number of aromatic nitrogens is 3. The number of benzene rings is 8. The summed E-state index contributed by atoms with van der Waals surface area (Å²) in [6.45, 7) is 0. The van der Waals surface area contributed by atoms with Crippen LogP contribution in [0.5, 0.6) is 0 Å². The van der Waals surface area contributed by atoms with Crippen LogP contribution in [0.3, 0.4) is 0 Å². The van der Waals surface area contributed by atoms with Crippen molar-refractivity contribution in [2.75, 3.05) is 0 Å². The average molecular weight is 642 g/mol. The summed E-state index contributed by atoms with van der Waals surface area (Å²) in [5.74, 6) is 1.98. The van der Waals surface area contributed by atoms with E-state index in [1.54, 1.807) is 0 Å². The van der Waals surface area contributed by atoms with E-state index in [4.69, 9.17) is 15.0 Å². The minimum Gasteiger partial charge on any atom is -0.208 e. The summed E-state index contributed by atoms with van der Waals surface area (Å²) in [6.07, 6.45) is 0. The van der Waals surface area contributed by atoms with Gasteiger partial charge in [-0.25, -0.2) is 15.0 Å². The predicted octanol–water partition coefficient (Wildman–Crippen LogP) is 12.4. The molecule has 0 unspecified atom stereocenters. The van der Waals surface area contributed by atoms with Crippen molar-refractivity contribution in [3.8, 4) is 45.3 Å². The fourth-order valence-electron chi connectivity index (χ4n) is 7.19. The van der Waals surface area contributed by atoms with E-state index in [1.807, 2.05) is 72.0 Å². The highest BCUT2D eigenvalue weighted by molar-refractivity contribution is 7.27. The minimum atomic E-state index is 0.656. The lowest BCUT2D eigenvalue weighted by Crippen LogP contribution is -2.00. The molecule has 0 saturated carbocycles. The molecule has 4 heteroatoms. The Morgan fingerprint density at radius 1 is 0.347 bits per heavy atom. The maximum atomic E-state index is 4.99. The van der Waals surface area contributed by atoms with Crippen molar-refractivity contribution < 1.29 is 0 Å². The Hall–Kier alpha value is -6.23. The fourth-order valence-corrected chi connectivity index (χ4v) is 8.48. The van der Waals surface area contributed by atoms with Crippen molar-refractivity contribution in [1.82, 2.24) is 15.0 Å². The van der Waals surface area contributed by atoms with Gasteiger partial charge in [-0.3, -0.25) is 0 Å². The Morgan fingerprint density at radius 2 is 0.959 bits per heavy atom. The summed E-state index contributed by atoms with van der Waals surface area (Å²) in [4.78, 5) is 14.9. The molecule has 10 rings (SSSR count). The number of hydrogen-bond acceptors (Lipinski definition) is 4. The second-order valence-electron chi connectivity index (χ2n) is 12.4. The van der Waals surface area contributed by atoms with Gasteiger partial charge < -0.3 is 0 Å². The maximum Gasteiger partial charge on any atom is 0.164 e. The second-order valence-corrected chi connectivity index (χ2v) is 13.4. The fraction of sp³-hybridized carbons (Fsp3) is 0. The molecule has 0 saturated heterocycles. The van der Waals surface area contributed by atoms with Gasteiger partial charge in [0.05, 0.1) is 0 Å². The summed E-state index contributed by atoms with van der Waals surface area (Å²) in [6, 6.07) is 58.0. The second kappa shape index (κ2) is 11.2. The minimum absolute atomic E-state index is 0.656. The van der Waals surface area contributed by atoms with Gasteiger partial charge in [0.15, 0.2) is 17.5 Å². The molecule has 0 aliphatic carbocycles. The van der Waals surface area contributed by atoms with E-state index in [0.717, 1.165) is 22.1 Å².